The Hall–Kier alpha value is -1.83. The maximum Gasteiger partial charge on any atom is 0.243 e. The summed E-state index contributed by atoms with van der Waals surface area (Å²) in [4.78, 5) is 0.179. The third kappa shape index (κ3) is 3.79. The number of benzene rings is 2. The van der Waals surface area contributed by atoms with E-state index in [2.05, 4.69) is 39.4 Å². The fourth-order valence-electron chi connectivity index (χ4n) is 2.93. The average Bonchev–Trinajstić information content (AvgIpc) is 3.14. The molecule has 2 atom stereocenters. The topological polar surface area (TPSA) is 72.0 Å². The molecular formula is C19H23N3O2S2. The number of aromatic nitrogens is 2. The smallest absolute Gasteiger partial charge is 0.207 e. The molecule has 5 nitrogen and oxygen atoms in total. The van der Waals surface area contributed by atoms with Gasteiger partial charge in [0.1, 0.15) is 15.9 Å². The number of sulfonamides is 1. The van der Waals surface area contributed by atoms with Gasteiger partial charge >= 0.3 is 0 Å². The molecular weight excluding hydrogens is 366 g/mol. The lowest BCUT2D eigenvalue weighted by atomic mass is 9.96. The van der Waals surface area contributed by atoms with Crippen LogP contribution in [-0.4, -0.2) is 17.2 Å². The van der Waals surface area contributed by atoms with Crippen molar-refractivity contribution in [3.63, 3.8) is 0 Å². The van der Waals surface area contributed by atoms with Crippen LogP contribution in [0.4, 0.5) is 0 Å². The van der Waals surface area contributed by atoms with E-state index in [-0.39, 0.29) is 10.9 Å². The first-order valence-corrected chi connectivity index (χ1v) is 11.0. The van der Waals surface area contributed by atoms with Gasteiger partial charge in [0.2, 0.25) is 10.0 Å². The van der Waals surface area contributed by atoms with Crippen LogP contribution in [0, 0.1) is 0 Å². The highest BCUT2D eigenvalue weighted by atomic mass is 32.2. The van der Waals surface area contributed by atoms with Crippen LogP contribution in [0.2, 0.25) is 0 Å². The molecule has 0 aliphatic rings. The Labute approximate surface area is 158 Å². The number of rotatable bonds is 7. The van der Waals surface area contributed by atoms with Crippen LogP contribution in [0.15, 0.2) is 47.4 Å². The number of hydrogen-bond donors (Lipinski definition) is 1. The SMILES string of the molecule is CCC(C)c1ccc(C(CC)NS(=O)(=O)c2cccc3nsnc23)cc1. The zero-order valence-electron chi connectivity index (χ0n) is 15.1. The maximum absolute atomic E-state index is 12.9. The summed E-state index contributed by atoms with van der Waals surface area (Å²) in [5.41, 5.74) is 3.26. The van der Waals surface area contributed by atoms with E-state index in [0.29, 0.717) is 23.4 Å². The van der Waals surface area contributed by atoms with Crippen LogP contribution in [0.3, 0.4) is 0 Å². The van der Waals surface area contributed by atoms with Gasteiger partial charge in [-0.25, -0.2) is 13.1 Å². The lowest BCUT2D eigenvalue weighted by Crippen LogP contribution is -2.28. The minimum atomic E-state index is -3.69. The Kier molecular flexibility index (Phi) is 5.70. The van der Waals surface area contributed by atoms with Crippen molar-refractivity contribution < 1.29 is 8.42 Å². The molecule has 3 aromatic rings. The highest BCUT2D eigenvalue weighted by Gasteiger charge is 2.23. The molecule has 2 aromatic carbocycles. The molecule has 0 saturated heterocycles. The van der Waals surface area contributed by atoms with E-state index >= 15 is 0 Å². The third-order valence-corrected chi connectivity index (χ3v) is 6.81. The second-order valence-corrected chi connectivity index (χ2v) is 8.66. The Balaban J connectivity index is 1.88. The van der Waals surface area contributed by atoms with Crippen LogP contribution >= 0.6 is 11.7 Å². The summed E-state index contributed by atoms with van der Waals surface area (Å²) in [5, 5.41) is 0. The zero-order valence-corrected chi connectivity index (χ0v) is 16.8. The van der Waals surface area contributed by atoms with Gasteiger partial charge in [-0.3, -0.25) is 0 Å². The van der Waals surface area contributed by atoms with Crippen LogP contribution in [0.25, 0.3) is 11.0 Å². The molecule has 138 valence electrons. The molecule has 7 heteroatoms. The molecule has 0 spiro atoms. The van der Waals surface area contributed by atoms with Gasteiger partial charge in [-0.15, -0.1) is 0 Å². The van der Waals surface area contributed by atoms with Gasteiger partial charge in [-0.2, -0.15) is 8.75 Å². The molecule has 0 radical (unpaired) electrons. The highest BCUT2D eigenvalue weighted by Crippen LogP contribution is 2.26. The third-order valence-electron chi connectivity index (χ3n) is 4.76. The van der Waals surface area contributed by atoms with Crippen molar-refractivity contribution in [3.8, 4) is 0 Å². The minimum absolute atomic E-state index is 0.179. The second-order valence-electron chi connectivity index (χ2n) is 6.45. The molecule has 0 fully saturated rings. The summed E-state index contributed by atoms with van der Waals surface area (Å²) in [7, 11) is -3.69. The number of nitrogens with one attached hydrogen (secondary N) is 1. The van der Waals surface area contributed by atoms with Crippen molar-refractivity contribution in [2.45, 2.75) is 50.5 Å². The van der Waals surface area contributed by atoms with E-state index in [9.17, 15) is 8.42 Å². The van der Waals surface area contributed by atoms with Crippen LogP contribution in [-0.2, 0) is 10.0 Å². The molecule has 0 saturated carbocycles. The van der Waals surface area contributed by atoms with E-state index < -0.39 is 10.0 Å². The molecule has 1 aromatic heterocycles. The molecule has 2 unspecified atom stereocenters. The summed E-state index contributed by atoms with van der Waals surface area (Å²) < 4.78 is 37.0. The molecule has 3 rings (SSSR count). The molecule has 0 aliphatic heterocycles. The maximum atomic E-state index is 12.9. The zero-order chi connectivity index (χ0) is 18.7. The summed E-state index contributed by atoms with van der Waals surface area (Å²) in [6.45, 7) is 6.33. The molecule has 26 heavy (non-hydrogen) atoms. The summed E-state index contributed by atoms with van der Waals surface area (Å²) in [6.07, 6.45) is 1.74. The van der Waals surface area contributed by atoms with Crippen molar-refractivity contribution in [2.24, 2.45) is 0 Å². The van der Waals surface area contributed by atoms with Crippen molar-refractivity contribution in [1.82, 2.24) is 13.5 Å². The Bertz CT molecular complexity index is 981. The standard InChI is InChI=1S/C19H23N3O2S2/c1-4-13(3)14-9-11-15(12-10-14)16(5-2)22-26(23,24)18-8-6-7-17-19(18)21-25-20-17/h6-13,16,22H,4-5H2,1-3H3. The molecule has 1 N–H and O–H groups in total. The van der Waals surface area contributed by atoms with E-state index in [0.717, 1.165) is 23.7 Å². The van der Waals surface area contributed by atoms with E-state index in [4.69, 9.17) is 0 Å². The molecule has 1 heterocycles. The van der Waals surface area contributed by atoms with Gasteiger partial charge in [0, 0.05) is 6.04 Å². The van der Waals surface area contributed by atoms with Gasteiger partial charge in [-0.05, 0) is 42.0 Å². The van der Waals surface area contributed by atoms with Crippen molar-refractivity contribution in [3.05, 3.63) is 53.6 Å². The predicted molar refractivity (Wildman–Crippen MR) is 106 cm³/mol. The first-order valence-electron chi connectivity index (χ1n) is 8.79. The van der Waals surface area contributed by atoms with E-state index in [1.807, 2.05) is 19.1 Å². The van der Waals surface area contributed by atoms with Crippen molar-refractivity contribution in [2.75, 3.05) is 0 Å². The fraction of sp³-hybridized carbons (Fsp3) is 0.368. The van der Waals surface area contributed by atoms with Crippen molar-refractivity contribution in [1.29, 1.82) is 0 Å². The lowest BCUT2D eigenvalue weighted by Gasteiger charge is -2.19. The first kappa shape index (κ1) is 18.9. The Morgan fingerprint density at radius 1 is 1.00 bits per heavy atom. The van der Waals surface area contributed by atoms with Crippen LogP contribution in [0.5, 0.6) is 0 Å². The van der Waals surface area contributed by atoms with Gasteiger partial charge < -0.3 is 0 Å². The predicted octanol–water partition coefficient (Wildman–Crippen LogP) is 4.63. The van der Waals surface area contributed by atoms with Gasteiger partial charge in [-0.1, -0.05) is 51.1 Å². The minimum Gasteiger partial charge on any atom is -0.207 e. The number of hydrogen-bond acceptors (Lipinski definition) is 5. The first-order chi connectivity index (χ1) is 12.5. The van der Waals surface area contributed by atoms with Gasteiger partial charge in [0.25, 0.3) is 0 Å². The van der Waals surface area contributed by atoms with Gasteiger partial charge in [0.05, 0.1) is 11.7 Å². The van der Waals surface area contributed by atoms with Crippen LogP contribution in [0.1, 0.15) is 56.7 Å². The number of fused-ring (bicyclic) bond motifs is 1. The largest absolute Gasteiger partial charge is 0.243 e. The lowest BCUT2D eigenvalue weighted by molar-refractivity contribution is 0.550. The fourth-order valence-corrected chi connectivity index (χ4v) is 5.00. The monoisotopic (exact) mass is 389 g/mol. The van der Waals surface area contributed by atoms with Gasteiger partial charge in [0.15, 0.2) is 0 Å². The second kappa shape index (κ2) is 7.82. The molecule has 0 amide bonds. The molecule has 0 aliphatic carbocycles. The van der Waals surface area contributed by atoms with E-state index in [1.54, 1.807) is 18.2 Å². The van der Waals surface area contributed by atoms with E-state index in [1.165, 1.54) is 5.56 Å². The average molecular weight is 390 g/mol. The summed E-state index contributed by atoms with van der Waals surface area (Å²) in [5.74, 6) is 0.496. The Morgan fingerprint density at radius 2 is 1.69 bits per heavy atom. The van der Waals surface area contributed by atoms with Crippen molar-refractivity contribution >= 4 is 32.8 Å². The quantitative estimate of drug-likeness (QED) is 0.639. The molecule has 0 bridgehead atoms. The number of nitrogens with zero attached hydrogens (tertiary/aromatic N) is 2. The highest BCUT2D eigenvalue weighted by molar-refractivity contribution is 7.89. The normalized spacial score (nSPS) is 14.4. The summed E-state index contributed by atoms with van der Waals surface area (Å²) >= 11 is 1.02. The Morgan fingerprint density at radius 3 is 2.35 bits per heavy atom. The summed E-state index contributed by atoms with van der Waals surface area (Å²) in [6, 6.07) is 13.0. The van der Waals surface area contributed by atoms with Crippen LogP contribution < -0.4 is 4.72 Å².